The van der Waals surface area contributed by atoms with E-state index in [1.54, 1.807) is 0 Å². The van der Waals surface area contributed by atoms with Crippen LogP contribution in [0.3, 0.4) is 0 Å². The van der Waals surface area contributed by atoms with Gasteiger partial charge in [0.05, 0.1) is 0 Å². The number of likely N-dealkylation sites (tertiary alicyclic amines) is 1. The van der Waals surface area contributed by atoms with Crippen molar-refractivity contribution in [1.29, 1.82) is 0 Å². The zero-order valence-electron chi connectivity index (χ0n) is 12.1. The number of nitrogens with zero attached hydrogens (tertiary/aromatic N) is 2. The first-order valence-electron chi connectivity index (χ1n) is 7.43. The van der Waals surface area contributed by atoms with Crippen LogP contribution in [0.2, 0.25) is 0 Å². The fourth-order valence-electron chi connectivity index (χ4n) is 3.09. The van der Waals surface area contributed by atoms with Crippen molar-refractivity contribution in [3.63, 3.8) is 0 Å². The molecule has 0 amide bonds. The molecule has 0 aromatic heterocycles. The van der Waals surface area contributed by atoms with Crippen molar-refractivity contribution in [2.75, 3.05) is 39.8 Å². The molecule has 3 heteroatoms. The number of nitrogens with two attached hydrogens (primary N) is 1. The molecular formula is C16H27N3. The topological polar surface area (TPSA) is 32.5 Å². The molecule has 1 aromatic rings. The molecule has 1 aliphatic rings. The Balaban J connectivity index is 1.77. The van der Waals surface area contributed by atoms with E-state index in [9.17, 15) is 0 Å². The Morgan fingerprint density at radius 1 is 1.32 bits per heavy atom. The lowest BCUT2D eigenvalue weighted by Gasteiger charge is -2.34. The molecule has 1 saturated heterocycles. The highest BCUT2D eigenvalue weighted by molar-refractivity contribution is 5.14. The lowest BCUT2D eigenvalue weighted by atomic mass is 9.97. The van der Waals surface area contributed by atoms with E-state index in [0.717, 1.165) is 25.6 Å². The summed E-state index contributed by atoms with van der Waals surface area (Å²) in [6, 6.07) is 10.7. The third kappa shape index (κ3) is 4.94. The zero-order valence-corrected chi connectivity index (χ0v) is 12.1. The number of rotatable bonds is 6. The van der Waals surface area contributed by atoms with E-state index in [0.29, 0.717) is 0 Å². The average molecular weight is 261 g/mol. The van der Waals surface area contributed by atoms with Gasteiger partial charge in [-0.3, -0.25) is 0 Å². The smallest absolute Gasteiger partial charge is 0.0230 e. The van der Waals surface area contributed by atoms with Crippen LogP contribution in [-0.2, 0) is 6.54 Å². The molecule has 3 nitrogen and oxygen atoms in total. The average Bonchev–Trinajstić information content (AvgIpc) is 2.40. The van der Waals surface area contributed by atoms with Crippen LogP contribution in [0.25, 0.3) is 0 Å². The Morgan fingerprint density at radius 3 is 2.84 bits per heavy atom. The van der Waals surface area contributed by atoms with Crippen LogP contribution in [-0.4, -0.2) is 49.6 Å². The molecule has 0 bridgehead atoms. The summed E-state index contributed by atoms with van der Waals surface area (Å²) in [5.74, 6) is 0.800. The molecule has 19 heavy (non-hydrogen) atoms. The summed E-state index contributed by atoms with van der Waals surface area (Å²) in [5, 5.41) is 0. The van der Waals surface area contributed by atoms with Crippen molar-refractivity contribution in [3.8, 4) is 0 Å². The van der Waals surface area contributed by atoms with Crippen molar-refractivity contribution in [1.82, 2.24) is 9.80 Å². The van der Waals surface area contributed by atoms with Gasteiger partial charge >= 0.3 is 0 Å². The van der Waals surface area contributed by atoms with Gasteiger partial charge in [-0.05, 0) is 37.9 Å². The predicted molar refractivity (Wildman–Crippen MR) is 81.0 cm³/mol. The Kier molecular flexibility index (Phi) is 5.83. The third-order valence-electron chi connectivity index (χ3n) is 3.91. The van der Waals surface area contributed by atoms with Gasteiger partial charge in [0.1, 0.15) is 0 Å². The summed E-state index contributed by atoms with van der Waals surface area (Å²) in [6.07, 6.45) is 2.68. The van der Waals surface area contributed by atoms with E-state index in [4.69, 9.17) is 5.73 Å². The van der Waals surface area contributed by atoms with Gasteiger partial charge in [0.2, 0.25) is 0 Å². The predicted octanol–water partition coefficient (Wildman–Crippen LogP) is 1.79. The maximum atomic E-state index is 5.66. The molecule has 2 rings (SSSR count). The molecule has 1 fully saturated rings. The summed E-state index contributed by atoms with van der Waals surface area (Å²) in [5.41, 5.74) is 7.06. The molecule has 0 aliphatic carbocycles. The summed E-state index contributed by atoms with van der Waals surface area (Å²) in [4.78, 5) is 4.97. The molecule has 2 N–H and O–H groups in total. The fourth-order valence-corrected chi connectivity index (χ4v) is 3.09. The lowest BCUT2D eigenvalue weighted by molar-refractivity contribution is 0.144. The first-order valence-corrected chi connectivity index (χ1v) is 7.43. The summed E-state index contributed by atoms with van der Waals surface area (Å²) < 4.78 is 0. The minimum Gasteiger partial charge on any atom is -0.329 e. The van der Waals surface area contributed by atoms with Gasteiger partial charge in [0, 0.05) is 32.7 Å². The van der Waals surface area contributed by atoms with Crippen LogP contribution < -0.4 is 5.73 Å². The van der Waals surface area contributed by atoms with Gasteiger partial charge in [-0.15, -0.1) is 0 Å². The molecular weight excluding hydrogens is 234 g/mol. The van der Waals surface area contributed by atoms with Crippen LogP contribution >= 0.6 is 0 Å². The number of benzene rings is 1. The van der Waals surface area contributed by atoms with Crippen LogP contribution in [0.4, 0.5) is 0 Å². The number of piperidine rings is 1. The van der Waals surface area contributed by atoms with Crippen LogP contribution in [0, 0.1) is 5.92 Å². The summed E-state index contributed by atoms with van der Waals surface area (Å²) >= 11 is 0. The van der Waals surface area contributed by atoms with Gasteiger partial charge in [0.15, 0.2) is 0 Å². The Hall–Kier alpha value is -0.900. The molecule has 0 spiro atoms. The van der Waals surface area contributed by atoms with Crippen LogP contribution in [0.1, 0.15) is 18.4 Å². The number of hydrogen-bond donors (Lipinski definition) is 1. The number of hydrogen-bond acceptors (Lipinski definition) is 3. The Morgan fingerprint density at radius 2 is 2.11 bits per heavy atom. The normalized spacial score (nSPS) is 20.9. The minimum atomic E-state index is 0.784. The van der Waals surface area contributed by atoms with Crippen LogP contribution in [0.15, 0.2) is 30.3 Å². The summed E-state index contributed by atoms with van der Waals surface area (Å²) in [7, 11) is 2.23. The molecule has 1 aliphatic heterocycles. The molecule has 106 valence electrons. The second-order valence-electron chi connectivity index (χ2n) is 5.78. The minimum absolute atomic E-state index is 0.784. The van der Waals surface area contributed by atoms with E-state index in [1.807, 2.05) is 0 Å². The molecule has 0 saturated carbocycles. The van der Waals surface area contributed by atoms with E-state index in [2.05, 4.69) is 47.2 Å². The fraction of sp³-hybridized carbons (Fsp3) is 0.625. The van der Waals surface area contributed by atoms with Gasteiger partial charge < -0.3 is 15.5 Å². The van der Waals surface area contributed by atoms with E-state index in [-0.39, 0.29) is 0 Å². The molecule has 0 radical (unpaired) electrons. The SMILES string of the molecule is CN(Cc1ccccc1)CC1CCCN(CCN)C1. The van der Waals surface area contributed by atoms with Crippen molar-refractivity contribution in [2.24, 2.45) is 11.7 Å². The van der Waals surface area contributed by atoms with Crippen LogP contribution in [0.5, 0.6) is 0 Å². The highest BCUT2D eigenvalue weighted by atomic mass is 15.2. The lowest BCUT2D eigenvalue weighted by Crippen LogP contribution is -2.41. The highest BCUT2D eigenvalue weighted by Crippen LogP contribution is 2.17. The second kappa shape index (κ2) is 7.63. The van der Waals surface area contributed by atoms with E-state index >= 15 is 0 Å². The van der Waals surface area contributed by atoms with Crippen molar-refractivity contribution in [2.45, 2.75) is 19.4 Å². The largest absolute Gasteiger partial charge is 0.329 e. The monoisotopic (exact) mass is 261 g/mol. The van der Waals surface area contributed by atoms with Crippen molar-refractivity contribution in [3.05, 3.63) is 35.9 Å². The highest BCUT2D eigenvalue weighted by Gasteiger charge is 2.20. The van der Waals surface area contributed by atoms with E-state index in [1.165, 1.54) is 38.0 Å². The van der Waals surface area contributed by atoms with Crippen molar-refractivity contribution < 1.29 is 0 Å². The summed E-state index contributed by atoms with van der Waals surface area (Å²) in [6.45, 7) is 6.53. The Bertz CT molecular complexity index is 350. The van der Waals surface area contributed by atoms with E-state index < -0.39 is 0 Å². The molecule has 1 heterocycles. The standard InChI is InChI=1S/C16H27N3/c1-18(12-15-6-3-2-4-7-15)13-16-8-5-10-19(14-16)11-9-17/h2-4,6-7,16H,5,8-14,17H2,1H3. The second-order valence-corrected chi connectivity index (χ2v) is 5.78. The molecule has 1 aromatic carbocycles. The zero-order chi connectivity index (χ0) is 13.5. The molecule has 1 atom stereocenters. The third-order valence-corrected chi connectivity index (χ3v) is 3.91. The first kappa shape index (κ1) is 14.5. The quantitative estimate of drug-likeness (QED) is 0.847. The maximum Gasteiger partial charge on any atom is 0.0230 e. The molecule has 1 unspecified atom stereocenters. The maximum absolute atomic E-state index is 5.66. The first-order chi connectivity index (χ1) is 9.28. The Labute approximate surface area is 117 Å². The van der Waals surface area contributed by atoms with Gasteiger partial charge in [0.25, 0.3) is 0 Å². The van der Waals surface area contributed by atoms with Gasteiger partial charge in [-0.1, -0.05) is 30.3 Å². The van der Waals surface area contributed by atoms with Gasteiger partial charge in [-0.2, -0.15) is 0 Å². The van der Waals surface area contributed by atoms with Crippen molar-refractivity contribution >= 4 is 0 Å². The van der Waals surface area contributed by atoms with Gasteiger partial charge in [-0.25, -0.2) is 0 Å².